The number of primary amides is 1. The molecule has 0 saturated carbocycles. The van der Waals surface area contributed by atoms with E-state index in [1.54, 1.807) is 11.3 Å². The minimum atomic E-state index is -0.713. The van der Waals surface area contributed by atoms with Gasteiger partial charge in [-0.15, -0.1) is 11.3 Å². The van der Waals surface area contributed by atoms with E-state index in [9.17, 15) is 9.59 Å². The van der Waals surface area contributed by atoms with Gasteiger partial charge in [-0.3, -0.25) is 9.59 Å². The third-order valence-corrected chi connectivity index (χ3v) is 6.94. The molecular formula is C25H26N2O2S. The quantitative estimate of drug-likeness (QED) is 0.622. The van der Waals surface area contributed by atoms with E-state index in [1.807, 2.05) is 53.4 Å². The second-order valence-electron chi connectivity index (χ2n) is 8.01. The van der Waals surface area contributed by atoms with Gasteiger partial charge in [-0.25, -0.2) is 0 Å². The number of carbonyl (C=O) groups is 2. The van der Waals surface area contributed by atoms with Gasteiger partial charge in [0.2, 0.25) is 11.8 Å². The van der Waals surface area contributed by atoms with Gasteiger partial charge in [-0.05, 0) is 47.4 Å². The molecule has 0 radical (unpaired) electrons. The second-order valence-corrected chi connectivity index (χ2v) is 8.95. The predicted molar refractivity (Wildman–Crippen MR) is 121 cm³/mol. The van der Waals surface area contributed by atoms with Gasteiger partial charge in [0.15, 0.2) is 0 Å². The maximum absolute atomic E-state index is 12.8. The van der Waals surface area contributed by atoms with Gasteiger partial charge in [0.1, 0.15) is 0 Å². The minimum Gasteiger partial charge on any atom is -0.369 e. The van der Waals surface area contributed by atoms with Crippen molar-refractivity contribution in [3.05, 3.63) is 83.2 Å². The lowest BCUT2D eigenvalue weighted by molar-refractivity contribution is -0.132. The molecule has 1 saturated heterocycles. The average molecular weight is 419 g/mol. The average Bonchev–Trinajstić information content (AvgIpc) is 3.44. The molecule has 1 aliphatic heterocycles. The zero-order chi connectivity index (χ0) is 21.0. The minimum absolute atomic E-state index is 0.0912. The summed E-state index contributed by atoms with van der Waals surface area (Å²) >= 11 is 1.68. The molecule has 30 heavy (non-hydrogen) atoms. The predicted octanol–water partition coefficient (Wildman–Crippen LogP) is 4.29. The Bertz CT molecular complexity index is 1020. The Hall–Kier alpha value is -2.92. The van der Waals surface area contributed by atoms with Crippen LogP contribution in [0.5, 0.6) is 0 Å². The number of carbonyl (C=O) groups excluding carboxylic acids is 2. The molecule has 3 aromatic rings. The van der Waals surface area contributed by atoms with Gasteiger partial charge in [0, 0.05) is 24.4 Å². The normalized spacial score (nSPS) is 18.5. The zero-order valence-electron chi connectivity index (χ0n) is 16.9. The molecule has 5 heteroatoms. The number of rotatable bonds is 7. The van der Waals surface area contributed by atoms with Crippen LogP contribution in [0.1, 0.15) is 24.0 Å². The van der Waals surface area contributed by atoms with E-state index in [0.717, 1.165) is 16.7 Å². The number of nitrogens with zero attached hydrogens (tertiary/aromatic N) is 1. The molecule has 2 heterocycles. The molecule has 0 spiro atoms. The third kappa shape index (κ3) is 4.31. The van der Waals surface area contributed by atoms with Crippen molar-refractivity contribution in [1.29, 1.82) is 0 Å². The maximum Gasteiger partial charge on any atom is 0.225 e. The van der Waals surface area contributed by atoms with Gasteiger partial charge in [-0.2, -0.15) is 0 Å². The van der Waals surface area contributed by atoms with Crippen molar-refractivity contribution in [2.45, 2.75) is 25.7 Å². The summed E-state index contributed by atoms with van der Waals surface area (Å²) in [6.07, 6.45) is 2.32. The van der Waals surface area contributed by atoms with E-state index >= 15 is 0 Å². The highest BCUT2D eigenvalue weighted by molar-refractivity contribution is 7.13. The zero-order valence-corrected chi connectivity index (χ0v) is 17.7. The molecule has 1 fully saturated rings. The van der Waals surface area contributed by atoms with Crippen LogP contribution in [-0.4, -0.2) is 29.8 Å². The molecule has 0 aliphatic carbocycles. The van der Waals surface area contributed by atoms with Crippen molar-refractivity contribution in [1.82, 2.24) is 4.90 Å². The first-order chi connectivity index (χ1) is 14.6. The van der Waals surface area contributed by atoms with Gasteiger partial charge < -0.3 is 10.6 Å². The summed E-state index contributed by atoms with van der Waals surface area (Å²) in [5.41, 5.74) is 8.59. The SMILES string of the molecule is NC(=O)[C@@]1(Cc2ccccc2-c2cccs2)CCN(C(=O)CCc2ccccc2)C1. The van der Waals surface area contributed by atoms with E-state index in [0.29, 0.717) is 38.8 Å². The van der Waals surface area contributed by atoms with Crippen LogP contribution in [0.15, 0.2) is 72.1 Å². The molecule has 4 rings (SSSR count). The fourth-order valence-electron chi connectivity index (χ4n) is 4.28. The summed E-state index contributed by atoms with van der Waals surface area (Å²) in [7, 11) is 0. The van der Waals surface area contributed by atoms with Crippen LogP contribution in [-0.2, 0) is 22.4 Å². The monoisotopic (exact) mass is 418 g/mol. The first-order valence-corrected chi connectivity index (χ1v) is 11.2. The summed E-state index contributed by atoms with van der Waals surface area (Å²) < 4.78 is 0. The van der Waals surface area contributed by atoms with Gasteiger partial charge >= 0.3 is 0 Å². The number of likely N-dealkylation sites (tertiary alicyclic amines) is 1. The summed E-state index contributed by atoms with van der Waals surface area (Å²) in [5, 5.41) is 2.05. The number of hydrogen-bond donors (Lipinski definition) is 1. The van der Waals surface area contributed by atoms with Gasteiger partial charge in [-0.1, -0.05) is 60.7 Å². The summed E-state index contributed by atoms with van der Waals surface area (Å²) in [6.45, 7) is 0.979. The molecule has 0 unspecified atom stereocenters. The standard InChI is InChI=1S/C25H26N2O2S/c26-24(29)25(17-20-9-4-5-10-21(20)22-11-6-16-30-22)14-15-27(18-25)23(28)13-12-19-7-2-1-3-8-19/h1-11,16H,12-15,17-18H2,(H2,26,29)/t25-/m1/s1. The Balaban J connectivity index is 1.48. The lowest BCUT2D eigenvalue weighted by atomic mass is 9.79. The number of thiophene rings is 1. The first kappa shape index (κ1) is 20.4. The molecule has 154 valence electrons. The van der Waals surface area contributed by atoms with Crippen LogP contribution in [0.4, 0.5) is 0 Å². The number of benzene rings is 2. The van der Waals surface area contributed by atoms with Crippen molar-refractivity contribution >= 4 is 23.2 Å². The van der Waals surface area contributed by atoms with E-state index in [2.05, 4.69) is 23.6 Å². The van der Waals surface area contributed by atoms with Crippen molar-refractivity contribution in [2.75, 3.05) is 13.1 Å². The van der Waals surface area contributed by atoms with E-state index in [1.165, 1.54) is 4.88 Å². The number of nitrogens with two attached hydrogens (primary N) is 1. The smallest absolute Gasteiger partial charge is 0.225 e. The molecule has 2 N–H and O–H groups in total. The largest absolute Gasteiger partial charge is 0.369 e. The molecule has 2 amide bonds. The Morgan fingerprint density at radius 3 is 2.50 bits per heavy atom. The molecular weight excluding hydrogens is 392 g/mol. The highest BCUT2D eigenvalue weighted by Gasteiger charge is 2.44. The second kappa shape index (κ2) is 8.84. The van der Waals surface area contributed by atoms with Crippen LogP contribution in [0.3, 0.4) is 0 Å². The van der Waals surface area contributed by atoms with Crippen LogP contribution >= 0.6 is 11.3 Å². The first-order valence-electron chi connectivity index (χ1n) is 10.3. The molecule has 2 aromatic carbocycles. The molecule has 1 atom stereocenters. The molecule has 0 bridgehead atoms. The van der Waals surface area contributed by atoms with Crippen LogP contribution in [0.25, 0.3) is 10.4 Å². The van der Waals surface area contributed by atoms with E-state index in [4.69, 9.17) is 5.73 Å². The van der Waals surface area contributed by atoms with Crippen molar-refractivity contribution in [2.24, 2.45) is 11.1 Å². The van der Waals surface area contributed by atoms with Gasteiger partial charge in [0.05, 0.1) is 5.41 Å². The Morgan fingerprint density at radius 1 is 1.00 bits per heavy atom. The Labute approximate surface area is 181 Å². The van der Waals surface area contributed by atoms with Crippen molar-refractivity contribution in [3.8, 4) is 10.4 Å². The molecule has 1 aromatic heterocycles. The lowest BCUT2D eigenvalue weighted by Crippen LogP contribution is -2.42. The highest BCUT2D eigenvalue weighted by Crippen LogP contribution is 2.38. The lowest BCUT2D eigenvalue weighted by Gasteiger charge is -2.27. The van der Waals surface area contributed by atoms with Crippen LogP contribution in [0.2, 0.25) is 0 Å². The number of amides is 2. The van der Waals surface area contributed by atoms with Gasteiger partial charge in [0.25, 0.3) is 0 Å². The van der Waals surface area contributed by atoms with Crippen molar-refractivity contribution < 1.29 is 9.59 Å². The molecule has 1 aliphatic rings. The van der Waals surface area contributed by atoms with Crippen LogP contribution in [0, 0.1) is 5.41 Å². The van der Waals surface area contributed by atoms with E-state index in [-0.39, 0.29) is 11.8 Å². The number of aryl methyl sites for hydroxylation is 1. The van der Waals surface area contributed by atoms with Crippen LogP contribution < -0.4 is 5.73 Å². The van der Waals surface area contributed by atoms with Crippen molar-refractivity contribution in [3.63, 3.8) is 0 Å². The highest BCUT2D eigenvalue weighted by atomic mass is 32.1. The third-order valence-electron chi connectivity index (χ3n) is 6.03. The maximum atomic E-state index is 12.8. The topological polar surface area (TPSA) is 63.4 Å². The Kier molecular flexibility index (Phi) is 6.00. The fourth-order valence-corrected chi connectivity index (χ4v) is 5.07. The fraction of sp³-hybridized carbons (Fsp3) is 0.280. The summed E-state index contributed by atoms with van der Waals surface area (Å²) in [6, 6.07) is 22.3. The molecule has 4 nitrogen and oxygen atoms in total. The Morgan fingerprint density at radius 2 is 1.77 bits per heavy atom. The van der Waals surface area contributed by atoms with E-state index < -0.39 is 5.41 Å². The summed E-state index contributed by atoms with van der Waals surface area (Å²) in [4.78, 5) is 28.4. The summed E-state index contributed by atoms with van der Waals surface area (Å²) in [5.74, 6) is -0.227. The number of hydrogen-bond acceptors (Lipinski definition) is 3.